The van der Waals surface area contributed by atoms with E-state index in [4.69, 9.17) is 16.3 Å². The highest BCUT2D eigenvalue weighted by Gasteiger charge is 2.23. The monoisotopic (exact) mass is 318 g/mol. The second kappa shape index (κ2) is 6.41. The third kappa shape index (κ3) is 4.25. The number of hydrogen-bond acceptors (Lipinski definition) is 3. The van der Waals surface area contributed by atoms with Crippen LogP contribution in [-0.2, 0) is 11.2 Å². The molecule has 0 atom stereocenters. The van der Waals surface area contributed by atoms with Gasteiger partial charge in [0.05, 0.1) is 10.4 Å². The average molecular weight is 319 g/mol. The van der Waals surface area contributed by atoms with Crippen LogP contribution in [0.15, 0.2) is 42.5 Å². The van der Waals surface area contributed by atoms with Crippen molar-refractivity contribution in [3.8, 4) is 11.5 Å². The molecule has 0 aliphatic heterocycles. The second-order valence-electron chi connectivity index (χ2n) is 6.25. The number of carbonyl (C=O) groups is 1. The number of phenols is 1. The largest absolute Gasteiger partial charge is 0.506 e. The molecule has 116 valence electrons. The van der Waals surface area contributed by atoms with E-state index in [9.17, 15) is 9.90 Å². The van der Waals surface area contributed by atoms with Crippen molar-refractivity contribution in [1.82, 2.24) is 0 Å². The lowest BCUT2D eigenvalue weighted by Crippen LogP contribution is -2.25. The molecule has 0 fully saturated rings. The molecule has 1 N–H and O–H groups in total. The predicted molar refractivity (Wildman–Crippen MR) is 87.5 cm³/mol. The Morgan fingerprint density at radius 3 is 2.23 bits per heavy atom. The van der Waals surface area contributed by atoms with Crippen molar-refractivity contribution in [3.05, 3.63) is 58.6 Å². The fraction of sp³-hybridized carbons (Fsp3) is 0.278. The van der Waals surface area contributed by atoms with Gasteiger partial charge in [0.1, 0.15) is 11.5 Å². The molecule has 0 aliphatic rings. The molecule has 0 bridgehead atoms. The molecule has 0 radical (unpaired) electrons. The summed E-state index contributed by atoms with van der Waals surface area (Å²) in [4.78, 5) is 11.8. The maximum atomic E-state index is 11.8. The average Bonchev–Trinajstić information content (AvgIpc) is 2.44. The van der Waals surface area contributed by atoms with Crippen molar-refractivity contribution in [2.24, 2.45) is 5.41 Å². The minimum atomic E-state index is -0.526. The lowest BCUT2D eigenvalue weighted by molar-refractivity contribution is -0.142. The summed E-state index contributed by atoms with van der Waals surface area (Å²) in [5.41, 5.74) is 1.54. The van der Waals surface area contributed by atoms with Gasteiger partial charge < -0.3 is 9.84 Å². The minimum Gasteiger partial charge on any atom is -0.506 e. The maximum absolute atomic E-state index is 11.8. The number of hydrogen-bond donors (Lipinski definition) is 1. The van der Waals surface area contributed by atoms with Crippen molar-refractivity contribution in [3.63, 3.8) is 0 Å². The molecule has 0 unspecified atom stereocenters. The molecule has 0 amide bonds. The summed E-state index contributed by atoms with van der Waals surface area (Å²) < 4.78 is 5.33. The first-order chi connectivity index (χ1) is 10.3. The van der Waals surface area contributed by atoms with Gasteiger partial charge in [0.2, 0.25) is 0 Å². The first-order valence-electron chi connectivity index (χ1n) is 7.04. The number of aromatic hydroxyl groups is 1. The third-order valence-electron chi connectivity index (χ3n) is 3.17. The second-order valence-corrected chi connectivity index (χ2v) is 6.65. The molecule has 4 heteroatoms. The van der Waals surface area contributed by atoms with E-state index in [-0.39, 0.29) is 11.7 Å². The van der Waals surface area contributed by atoms with Gasteiger partial charge in [0.25, 0.3) is 0 Å². The predicted octanol–water partition coefficient (Wildman–Crippen LogP) is 4.59. The lowest BCUT2D eigenvalue weighted by atomic mass is 9.97. The maximum Gasteiger partial charge on any atom is 0.316 e. The Morgan fingerprint density at radius 1 is 1.09 bits per heavy atom. The van der Waals surface area contributed by atoms with Crippen LogP contribution in [0.5, 0.6) is 11.5 Å². The van der Waals surface area contributed by atoms with Crippen molar-refractivity contribution >= 4 is 17.6 Å². The highest BCUT2D eigenvalue weighted by Crippen LogP contribution is 2.25. The van der Waals surface area contributed by atoms with Crippen LogP contribution in [0, 0.1) is 5.41 Å². The van der Waals surface area contributed by atoms with Crippen LogP contribution in [-0.4, -0.2) is 11.1 Å². The van der Waals surface area contributed by atoms with E-state index in [0.29, 0.717) is 17.2 Å². The van der Waals surface area contributed by atoms with Gasteiger partial charge in [-0.25, -0.2) is 0 Å². The fourth-order valence-corrected chi connectivity index (χ4v) is 2.03. The Hall–Kier alpha value is -2.00. The highest BCUT2D eigenvalue weighted by molar-refractivity contribution is 6.32. The lowest BCUT2D eigenvalue weighted by Gasteiger charge is -2.16. The van der Waals surface area contributed by atoms with Gasteiger partial charge >= 0.3 is 5.97 Å². The van der Waals surface area contributed by atoms with Gasteiger partial charge in [0.15, 0.2) is 0 Å². The fourth-order valence-electron chi connectivity index (χ4n) is 1.83. The van der Waals surface area contributed by atoms with Crippen LogP contribution >= 0.6 is 11.6 Å². The van der Waals surface area contributed by atoms with Crippen LogP contribution in [0.4, 0.5) is 0 Å². The molecule has 0 saturated carbocycles. The quantitative estimate of drug-likeness (QED) is 0.665. The van der Waals surface area contributed by atoms with Crippen molar-refractivity contribution in [2.45, 2.75) is 27.2 Å². The molecule has 0 aromatic heterocycles. The van der Waals surface area contributed by atoms with Crippen molar-refractivity contribution in [2.75, 3.05) is 0 Å². The number of rotatable bonds is 3. The van der Waals surface area contributed by atoms with Gasteiger partial charge in [-0.15, -0.1) is 0 Å². The Morgan fingerprint density at radius 2 is 1.68 bits per heavy atom. The van der Waals surface area contributed by atoms with E-state index in [1.165, 1.54) is 0 Å². The summed E-state index contributed by atoms with van der Waals surface area (Å²) >= 11 is 5.90. The number of phenolic OH excluding ortho intramolecular Hbond substituents is 1. The number of benzene rings is 2. The molecular formula is C18H19ClO3. The zero-order chi connectivity index (χ0) is 16.3. The zero-order valence-corrected chi connectivity index (χ0v) is 13.6. The Kier molecular flexibility index (Phi) is 4.77. The smallest absolute Gasteiger partial charge is 0.316 e. The van der Waals surface area contributed by atoms with E-state index in [2.05, 4.69) is 0 Å². The molecule has 2 aromatic carbocycles. The first-order valence-corrected chi connectivity index (χ1v) is 7.42. The molecule has 0 spiro atoms. The topological polar surface area (TPSA) is 46.5 Å². The van der Waals surface area contributed by atoms with Crippen LogP contribution in [0.3, 0.4) is 0 Å². The zero-order valence-electron chi connectivity index (χ0n) is 12.9. The number of halogens is 1. The third-order valence-corrected chi connectivity index (χ3v) is 3.47. The van der Waals surface area contributed by atoms with Gasteiger partial charge in [-0.05, 0) is 62.6 Å². The van der Waals surface area contributed by atoms with Gasteiger partial charge in [-0.2, -0.15) is 0 Å². The van der Waals surface area contributed by atoms with E-state index >= 15 is 0 Å². The van der Waals surface area contributed by atoms with E-state index in [1.54, 1.807) is 24.3 Å². The van der Waals surface area contributed by atoms with Crippen molar-refractivity contribution < 1.29 is 14.6 Å². The van der Waals surface area contributed by atoms with E-state index < -0.39 is 5.41 Å². The summed E-state index contributed by atoms with van der Waals surface area (Å²) in [7, 11) is 0. The van der Waals surface area contributed by atoms with E-state index in [0.717, 1.165) is 11.1 Å². The Labute approximate surface area is 135 Å². The SMILES string of the molecule is CC(C)(C)C(=O)Oc1ccc(Cc2ccc(O)c(Cl)c2)cc1. The molecule has 0 aliphatic carbocycles. The van der Waals surface area contributed by atoms with Crippen LogP contribution < -0.4 is 4.74 Å². The summed E-state index contributed by atoms with van der Waals surface area (Å²) in [6.07, 6.45) is 0.688. The van der Waals surface area contributed by atoms with Crippen LogP contribution in [0.1, 0.15) is 31.9 Å². The highest BCUT2D eigenvalue weighted by atomic mass is 35.5. The first kappa shape index (κ1) is 16.4. The number of carbonyl (C=O) groups excluding carboxylic acids is 1. The normalized spacial score (nSPS) is 11.3. The molecule has 2 rings (SSSR count). The molecule has 0 saturated heterocycles. The summed E-state index contributed by atoms with van der Waals surface area (Å²) in [5, 5.41) is 9.76. The molecule has 3 nitrogen and oxygen atoms in total. The van der Waals surface area contributed by atoms with Gasteiger partial charge in [-0.3, -0.25) is 4.79 Å². The summed E-state index contributed by atoms with van der Waals surface area (Å²) in [5.74, 6) is 0.354. The van der Waals surface area contributed by atoms with Gasteiger partial charge in [0, 0.05) is 0 Å². The van der Waals surface area contributed by atoms with Crippen molar-refractivity contribution in [1.29, 1.82) is 0 Å². The number of esters is 1. The molecule has 2 aromatic rings. The van der Waals surface area contributed by atoms with Gasteiger partial charge in [-0.1, -0.05) is 29.8 Å². The molecule has 0 heterocycles. The Bertz CT molecular complexity index is 670. The standard InChI is InChI=1S/C18H19ClO3/c1-18(2,3)17(21)22-14-7-4-12(5-8-14)10-13-6-9-16(20)15(19)11-13/h4-9,11,20H,10H2,1-3H3. The summed E-state index contributed by atoms with van der Waals surface area (Å²) in [6.45, 7) is 5.45. The Balaban J connectivity index is 2.06. The minimum absolute atomic E-state index is 0.0786. The van der Waals surface area contributed by atoms with E-state index in [1.807, 2.05) is 39.0 Å². The summed E-state index contributed by atoms with van der Waals surface area (Å²) in [6, 6.07) is 12.5. The number of ether oxygens (including phenoxy) is 1. The van der Waals surface area contributed by atoms with Crippen LogP contribution in [0.25, 0.3) is 0 Å². The van der Waals surface area contributed by atoms with Crippen LogP contribution in [0.2, 0.25) is 5.02 Å². The molecule has 22 heavy (non-hydrogen) atoms. The molecular weight excluding hydrogens is 300 g/mol.